The van der Waals surface area contributed by atoms with Gasteiger partial charge >= 0.3 is 0 Å². The molecule has 0 aliphatic heterocycles. The summed E-state index contributed by atoms with van der Waals surface area (Å²) < 4.78 is 0. The monoisotopic (exact) mass is 179 g/mol. The highest BCUT2D eigenvalue weighted by Gasteiger charge is 2.32. The Morgan fingerprint density at radius 1 is 1.69 bits per heavy atom. The van der Waals surface area contributed by atoms with Crippen LogP contribution in [0.25, 0.3) is 0 Å². The van der Waals surface area contributed by atoms with Gasteiger partial charge in [0.15, 0.2) is 0 Å². The predicted octanol–water partition coefficient (Wildman–Crippen LogP) is 1.56. The van der Waals surface area contributed by atoms with Crippen LogP contribution in [0.3, 0.4) is 0 Å². The lowest BCUT2D eigenvalue weighted by Crippen LogP contribution is -2.30. The molecule has 1 unspecified atom stereocenters. The zero-order valence-corrected chi connectivity index (χ0v) is 8.18. The summed E-state index contributed by atoms with van der Waals surface area (Å²) in [7, 11) is 0. The zero-order valence-electron chi connectivity index (χ0n) is 8.18. The van der Waals surface area contributed by atoms with Crippen LogP contribution in [0.2, 0.25) is 0 Å². The molecule has 1 amide bonds. The second-order valence-corrected chi connectivity index (χ2v) is 3.72. The quantitative estimate of drug-likeness (QED) is 0.503. The molecule has 1 N–H and O–H groups in total. The Kier molecular flexibility index (Phi) is 3.82. The van der Waals surface area contributed by atoms with E-state index in [1.807, 2.05) is 6.92 Å². The third kappa shape index (κ3) is 3.50. The summed E-state index contributed by atoms with van der Waals surface area (Å²) in [6.07, 6.45) is 9.18. The molecule has 0 heterocycles. The Labute approximate surface area is 80.1 Å². The van der Waals surface area contributed by atoms with E-state index in [0.717, 1.165) is 19.4 Å². The van der Waals surface area contributed by atoms with Gasteiger partial charge in [-0.1, -0.05) is 6.92 Å². The molecule has 0 aromatic heterocycles. The minimum atomic E-state index is 0.194. The van der Waals surface area contributed by atoms with Gasteiger partial charge in [-0.3, -0.25) is 4.79 Å². The molecule has 1 aliphatic carbocycles. The molecule has 0 spiro atoms. The van der Waals surface area contributed by atoms with E-state index in [0.29, 0.717) is 5.92 Å². The highest BCUT2D eigenvalue weighted by atomic mass is 16.1. The van der Waals surface area contributed by atoms with Crippen LogP contribution in [0.1, 0.15) is 32.6 Å². The summed E-state index contributed by atoms with van der Waals surface area (Å²) in [5, 5.41) is 2.90. The van der Waals surface area contributed by atoms with E-state index >= 15 is 0 Å². The standard InChI is InChI=1S/C11H17NO/c1-3-4-5-8-12-11(13)9(2)10-6-7-10/h1,9-10H,4-8H2,2H3,(H,12,13). The Morgan fingerprint density at radius 2 is 2.38 bits per heavy atom. The number of unbranched alkanes of at least 4 members (excludes halogenated alkanes) is 1. The topological polar surface area (TPSA) is 29.1 Å². The van der Waals surface area contributed by atoms with Crippen molar-refractivity contribution in [1.29, 1.82) is 0 Å². The molecule has 72 valence electrons. The van der Waals surface area contributed by atoms with Crippen LogP contribution in [-0.2, 0) is 4.79 Å². The fraction of sp³-hybridized carbons (Fsp3) is 0.727. The number of amides is 1. The fourth-order valence-electron chi connectivity index (χ4n) is 1.37. The number of nitrogens with one attached hydrogen (secondary N) is 1. The van der Waals surface area contributed by atoms with Crippen LogP contribution in [0, 0.1) is 24.2 Å². The minimum absolute atomic E-state index is 0.194. The van der Waals surface area contributed by atoms with Crippen molar-refractivity contribution in [2.45, 2.75) is 32.6 Å². The Hall–Kier alpha value is -0.970. The largest absolute Gasteiger partial charge is 0.356 e. The van der Waals surface area contributed by atoms with Crippen LogP contribution in [0.4, 0.5) is 0 Å². The maximum absolute atomic E-state index is 11.4. The first-order valence-electron chi connectivity index (χ1n) is 4.97. The number of rotatable bonds is 5. The van der Waals surface area contributed by atoms with E-state index in [4.69, 9.17) is 6.42 Å². The number of carbonyl (C=O) groups excluding carboxylic acids is 1. The van der Waals surface area contributed by atoms with Crippen molar-refractivity contribution < 1.29 is 4.79 Å². The highest BCUT2D eigenvalue weighted by molar-refractivity contribution is 5.78. The fourth-order valence-corrected chi connectivity index (χ4v) is 1.37. The van der Waals surface area contributed by atoms with Crippen molar-refractivity contribution in [3.05, 3.63) is 0 Å². The summed E-state index contributed by atoms with van der Waals surface area (Å²) in [5.74, 6) is 3.59. The second-order valence-electron chi connectivity index (χ2n) is 3.72. The average Bonchev–Trinajstić information content (AvgIpc) is 2.94. The summed E-state index contributed by atoms with van der Waals surface area (Å²) in [6, 6.07) is 0. The van der Waals surface area contributed by atoms with Gasteiger partial charge in [0.1, 0.15) is 0 Å². The summed E-state index contributed by atoms with van der Waals surface area (Å²) in [5.41, 5.74) is 0. The van der Waals surface area contributed by atoms with E-state index in [-0.39, 0.29) is 11.8 Å². The first kappa shape index (κ1) is 10.1. The lowest BCUT2D eigenvalue weighted by Gasteiger charge is -2.09. The molecular formula is C11H17NO. The van der Waals surface area contributed by atoms with Crippen LogP contribution in [0.5, 0.6) is 0 Å². The van der Waals surface area contributed by atoms with E-state index in [1.54, 1.807) is 0 Å². The molecule has 0 bridgehead atoms. The van der Waals surface area contributed by atoms with Crippen molar-refractivity contribution >= 4 is 5.91 Å². The van der Waals surface area contributed by atoms with Gasteiger partial charge in [-0.25, -0.2) is 0 Å². The van der Waals surface area contributed by atoms with Crippen molar-refractivity contribution in [3.63, 3.8) is 0 Å². The number of hydrogen-bond donors (Lipinski definition) is 1. The van der Waals surface area contributed by atoms with Crippen molar-refractivity contribution in [1.82, 2.24) is 5.32 Å². The Balaban J connectivity index is 2.06. The molecule has 2 heteroatoms. The number of carbonyl (C=O) groups is 1. The third-order valence-corrected chi connectivity index (χ3v) is 2.54. The summed E-state index contributed by atoms with van der Waals surface area (Å²) >= 11 is 0. The normalized spacial score (nSPS) is 17.5. The van der Waals surface area contributed by atoms with Crippen molar-refractivity contribution in [3.8, 4) is 12.3 Å². The minimum Gasteiger partial charge on any atom is -0.356 e. The smallest absolute Gasteiger partial charge is 0.223 e. The zero-order chi connectivity index (χ0) is 9.68. The molecule has 2 nitrogen and oxygen atoms in total. The van der Waals surface area contributed by atoms with Crippen LogP contribution in [-0.4, -0.2) is 12.5 Å². The Morgan fingerprint density at radius 3 is 2.92 bits per heavy atom. The van der Waals surface area contributed by atoms with Crippen LogP contribution >= 0.6 is 0 Å². The second kappa shape index (κ2) is 4.91. The molecule has 1 atom stereocenters. The Bertz CT molecular complexity index is 213. The van der Waals surface area contributed by atoms with Gasteiger partial charge < -0.3 is 5.32 Å². The lowest BCUT2D eigenvalue weighted by molar-refractivity contribution is -0.125. The molecule has 1 saturated carbocycles. The molecule has 0 aromatic rings. The van der Waals surface area contributed by atoms with E-state index < -0.39 is 0 Å². The number of hydrogen-bond acceptors (Lipinski definition) is 1. The maximum atomic E-state index is 11.4. The number of terminal acetylenes is 1. The van der Waals surface area contributed by atoms with Gasteiger partial charge in [-0.2, -0.15) is 0 Å². The van der Waals surface area contributed by atoms with Crippen molar-refractivity contribution in [2.24, 2.45) is 11.8 Å². The molecule has 0 aromatic carbocycles. The lowest BCUT2D eigenvalue weighted by atomic mass is 10.1. The van der Waals surface area contributed by atoms with E-state index in [9.17, 15) is 4.79 Å². The van der Waals surface area contributed by atoms with Gasteiger partial charge in [-0.15, -0.1) is 12.3 Å². The van der Waals surface area contributed by atoms with Crippen LogP contribution in [0.15, 0.2) is 0 Å². The van der Waals surface area contributed by atoms with Gasteiger partial charge in [0, 0.05) is 18.9 Å². The van der Waals surface area contributed by atoms with E-state index in [2.05, 4.69) is 11.2 Å². The van der Waals surface area contributed by atoms with Crippen LogP contribution < -0.4 is 5.32 Å². The van der Waals surface area contributed by atoms with Gasteiger partial charge in [0.05, 0.1) is 0 Å². The maximum Gasteiger partial charge on any atom is 0.223 e. The first-order chi connectivity index (χ1) is 6.25. The molecule has 1 rings (SSSR count). The molecular weight excluding hydrogens is 162 g/mol. The summed E-state index contributed by atoms with van der Waals surface area (Å²) in [4.78, 5) is 11.4. The van der Waals surface area contributed by atoms with Gasteiger partial charge in [0.25, 0.3) is 0 Å². The first-order valence-corrected chi connectivity index (χ1v) is 4.97. The van der Waals surface area contributed by atoms with Gasteiger partial charge in [0.2, 0.25) is 5.91 Å². The highest BCUT2D eigenvalue weighted by Crippen LogP contribution is 2.36. The van der Waals surface area contributed by atoms with Gasteiger partial charge in [-0.05, 0) is 25.2 Å². The summed E-state index contributed by atoms with van der Waals surface area (Å²) in [6.45, 7) is 2.73. The molecule has 1 aliphatic rings. The average molecular weight is 179 g/mol. The van der Waals surface area contributed by atoms with Crippen molar-refractivity contribution in [2.75, 3.05) is 6.54 Å². The predicted molar refractivity (Wildman–Crippen MR) is 53.0 cm³/mol. The molecule has 13 heavy (non-hydrogen) atoms. The molecule has 0 radical (unpaired) electrons. The van der Waals surface area contributed by atoms with E-state index in [1.165, 1.54) is 12.8 Å². The SMILES string of the molecule is C#CCCCNC(=O)C(C)C1CC1. The molecule has 0 saturated heterocycles. The third-order valence-electron chi connectivity index (χ3n) is 2.54. The molecule has 1 fully saturated rings.